The van der Waals surface area contributed by atoms with E-state index in [-0.39, 0.29) is 17.9 Å². The van der Waals surface area contributed by atoms with Gasteiger partial charge in [-0.05, 0) is 63.1 Å². The number of piperidine rings is 1. The molecule has 1 unspecified atom stereocenters. The van der Waals surface area contributed by atoms with Gasteiger partial charge in [-0.2, -0.15) is 0 Å². The first-order valence-electron chi connectivity index (χ1n) is 12.3. The van der Waals surface area contributed by atoms with E-state index in [0.717, 1.165) is 12.8 Å². The maximum Gasteiger partial charge on any atom is 0.321 e. The highest BCUT2D eigenvalue weighted by Crippen LogP contribution is 2.33. The number of fused-ring (bicyclic) bond motifs is 1. The smallest absolute Gasteiger partial charge is 0.321 e. The molecule has 9 nitrogen and oxygen atoms in total. The Morgan fingerprint density at radius 1 is 1.00 bits per heavy atom. The minimum absolute atomic E-state index is 0.113. The Morgan fingerprint density at radius 2 is 1.69 bits per heavy atom. The predicted molar refractivity (Wildman–Crippen MR) is 136 cm³/mol. The standard InChI is InChI=1S/C27H29N5O4/c1-3-31(4-2)26(33)18-9-6-14-32(17-18)27(34)29-20-11-5-10-19-23(20)30-25(22-13-8-16-36-22)24(28-19)21-12-7-15-35-21/h5,7-8,10-13,15-16,18H,3-4,6,9,14,17H2,1-2H3,(H,29,34). The topological polar surface area (TPSA) is 105 Å². The van der Waals surface area contributed by atoms with Gasteiger partial charge < -0.3 is 24.0 Å². The van der Waals surface area contributed by atoms with E-state index in [1.54, 1.807) is 35.6 Å². The quantitative estimate of drug-likeness (QED) is 0.398. The summed E-state index contributed by atoms with van der Waals surface area (Å²) in [5.41, 5.74) is 2.77. The molecule has 3 aromatic heterocycles. The van der Waals surface area contributed by atoms with Crippen LogP contribution in [0.25, 0.3) is 33.9 Å². The molecular formula is C27H29N5O4. The van der Waals surface area contributed by atoms with E-state index in [1.165, 1.54) is 0 Å². The van der Waals surface area contributed by atoms with Crippen LogP contribution in [0.5, 0.6) is 0 Å². The molecule has 9 heteroatoms. The largest absolute Gasteiger partial charge is 0.463 e. The van der Waals surface area contributed by atoms with Gasteiger partial charge >= 0.3 is 6.03 Å². The second-order valence-corrected chi connectivity index (χ2v) is 8.77. The molecule has 0 aliphatic carbocycles. The number of carbonyl (C=O) groups excluding carboxylic acids is 2. The van der Waals surface area contributed by atoms with E-state index in [4.69, 9.17) is 18.8 Å². The lowest BCUT2D eigenvalue weighted by atomic mass is 9.96. The van der Waals surface area contributed by atoms with Crippen LogP contribution in [0.1, 0.15) is 26.7 Å². The number of benzene rings is 1. The number of anilines is 1. The van der Waals surface area contributed by atoms with Gasteiger partial charge in [0.1, 0.15) is 16.9 Å². The SMILES string of the molecule is CCN(CC)C(=O)C1CCCN(C(=O)Nc2cccc3nc(-c4ccco4)c(-c4ccco4)nc23)C1. The highest BCUT2D eigenvalue weighted by molar-refractivity contribution is 6.00. The first-order valence-corrected chi connectivity index (χ1v) is 12.3. The second kappa shape index (κ2) is 10.2. The molecule has 1 saturated heterocycles. The molecule has 1 aromatic carbocycles. The lowest BCUT2D eigenvalue weighted by Crippen LogP contribution is -2.48. The summed E-state index contributed by atoms with van der Waals surface area (Å²) in [6, 6.07) is 12.4. The molecule has 0 bridgehead atoms. The number of hydrogen-bond acceptors (Lipinski definition) is 6. The van der Waals surface area contributed by atoms with Gasteiger partial charge in [0.05, 0.1) is 29.6 Å². The summed E-state index contributed by atoms with van der Waals surface area (Å²) < 4.78 is 11.2. The molecule has 1 aliphatic rings. The van der Waals surface area contributed by atoms with Crippen molar-refractivity contribution in [2.24, 2.45) is 5.92 Å². The van der Waals surface area contributed by atoms with Crippen molar-refractivity contribution >= 4 is 28.7 Å². The van der Waals surface area contributed by atoms with Crippen molar-refractivity contribution in [3.8, 4) is 22.9 Å². The molecule has 36 heavy (non-hydrogen) atoms. The van der Waals surface area contributed by atoms with Crippen LogP contribution in [0.2, 0.25) is 0 Å². The first kappa shape index (κ1) is 23.6. The lowest BCUT2D eigenvalue weighted by molar-refractivity contribution is -0.136. The van der Waals surface area contributed by atoms with Crippen molar-refractivity contribution < 1.29 is 18.4 Å². The highest BCUT2D eigenvalue weighted by Gasteiger charge is 2.31. The number of carbonyl (C=O) groups is 2. The third kappa shape index (κ3) is 4.56. The summed E-state index contributed by atoms with van der Waals surface area (Å²) in [5, 5.41) is 3.00. The summed E-state index contributed by atoms with van der Waals surface area (Å²) >= 11 is 0. The van der Waals surface area contributed by atoms with Crippen molar-refractivity contribution in [3.05, 3.63) is 55.0 Å². The Bertz CT molecular complexity index is 1350. The number of nitrogens with zero attached hydrogens (tertiary/aromatic N) is 4. The molecular weight excluding hydrogens is 458 g/mol. The average Bonchev–Trinajstić information content (AvgIpc) is 3.64. The van der Waals surface area contributed by atoms with Crippen molar-refractivity contribution in [2.75, 3.05) is 31.5 Å². The Hall–Kier alpha value is -4.14. The summed E-state index contributed by atoms with van der Waals surface area (Å²) in [4.78, 5) is 39.3. The fourth-order valence-corrected chi connectivity index (χ4v) is 4.70. The number of rotatable bonds is 6. The monoisotopic (exact) mass is 487 g/mol. The van der Waals surface area contributed by atoms with Crippen LogP contribution in [-0.2, 0) is 4.79 Å². The maximum atomic E-state index is 13.3. The number of para-hydroxylation sites is 1. The van der Waals surface area contributed by atoms with Crippen LogP contribution in [0.4, 0.5) is 10.5 Å². The molecule has 0 saturated carbocycles. The van der Waals surface area contributed by atoms with Gasteiger partial charge in [0.25, 0.3) is 0 Å². The maximum absolute atomic E-state index is 13.3. The molecule has 3 amide bonds. The van der Waals surface area contributed by atoms with Crippen molar-refractivity contribution in [2.45, 2.75) is 26.7 Å². The van der Waals surface area contributed by atoms with E-state index < -0.39 is 0 Å². The van der Waals surface area contributed by atoms with Crippen LogP contribution >= 0.6 is 0 Å². The lowest BCUT2D eigenvalue weighted by Gasteiger charge is -2.34. The van der Waals surface area contributed by atoms with Crippen molar-refractivity contribution in [1.29, 1.82) is 0 Å². The van der Waals surface area contributed by atoms with E-state index in [1.807, 2.05) is 43.0 Å². The van der Waals surface area contributed by atoms with E-state index in [0.29, 0.717) is 65.8 Å². The average molecular weight is 488 g/mol. The molecule has 4 heterocycles. The predicted octanol–water partition coefficient (Wildman–Crippen LogP) is 5.26. The molecule has 1 atom stereocenters. The van der Waals surface area contributed by atoms with Gasteiger partial charge in [-0.25, -0.2) is 14.8 Å². The van der Waals surface area contributed by atoms with E-state index >= 15 is 0 Å². The zero-order valence-corrected chi connectivity index (χ0v) is 20.4. The fraction of sp³-hybridized carbons (Fsp3) is 0.333. The van der Waals surface area contributed by atoms with Crippen LogP contribution in [0.3, 0.4) is 0 Å². The Balaban J connectivity index is 1.44. The van der Waals surface area contributed by atoms with Gasteiger partial charge in [0.15, 0.2) is 11.5 Å². The summed E-state index contributed by atoms with van der Waals surface area (Å²) in [5.74, 6) is 1.05. The summed E-state index contributed by atoms with van der Waals surface area (Å²) in [6.45, 7) is 6.30. The highest BCUT2D eigenvalue weighted by atomic mass is 16.3. The Labute approximate surface area is 209 Å². The van der Waals surface area contributed by atoms with Gasteiger partial charge in [-0.15, -0.1) is 0 Å². The zero-order chi connectivity index (χ0) is 25.1. The summed E-state index contributed by atoms with van der Waals surface area (Å²) in [6.07, 6.45) is 4.74. The minimum atomic E-state index is -0.254. The van der Waals surface area contributed by atoms with E-state index in [2.05, 4.69) is 5.32 Å². The minimum Gasteiger partial charge on any atom is -0.463 e. The van der Waals surface area contributed by atoms with Crippen LogP contribution in [-0.4, -0.2) is 57.9 Å². The number of aromatic nitrogens is 2. The number of likely N-dealkylation sites (tertiary alicyclic amines) is 1. The fourth-order valence-electron chi connectivity index (χ4n) is 4.70. The van der Waals surface area contributed by atoms with Crippen LogP contribution < -0.4 is 5.32 Å². The molecule has 0 spiro atoms. The third-order valence-electron chi connectivity index (χ3n) is 6.58. The Morgan fingerprint density at radius 3 is 2.33 bits per heavy atom. The number of amides is 3. The first-order chi connectivity index (χ1) is 17.6. The molecule has 4 aromatic rings. The van der Waals surface area contributed by atoms with Crippen molar-refractivity contribution in [1.82, 2.24) is 19.8 Å². The van der Waals surface area contributed by atoms with Gasteiger partial charge in [-0.3, -0.25) is 4.79 Å². The number of urea groups is 1. The van der Waals surface area contributed by atoms with Gasteiger partial charge in [-0.1, -0.05) is 6.07 Å². The van der Waals surface area contributed by atoms with Gasteiger partial charge in [0.2, 0.25) is 5.91 Å². The van der Waals surface area contributed by atoms with Crippen LogP contribution in [0.15, 0.2) is 63.8 Å². The van der Waals surface area contributed by atoms with Gasteiger partial charge in [0, 0.05) is 26.2 Å². The molecule has 186 valence electrons. The Kier molecular flexibility index (Phi) is 6.71. The molecule has 1 fully saturated rings. The number of furan rings is 2. The molecule has 1 aliphatic heterocycles. The normalized spacial score (nSPS) is 15.7. The molecule has 5 rings (SSSR count). The number of nitrogens with one attached hydrogen (secondary N) is 1. The molecule has 1 N–H and O–H groups in total. The second-order valence-electron chi connectivity index (χ2n) is 8.77. The van der Waals surface area contributed by atoms with Crippen LogP contribution in [0, 0.1) is 5.92 Å². The van der Waals surface area contributed by atoms with Crippen molar-refractivity contribution in [3.63, 3.8) is 0 Å². The zero-order valence-electron chi connectivity index (χ0n) is 20.4. The third-order valence-corrected chi connectivity index (χ3v) is 6.58. The van der Waals surface area contributed by atoms with E-state index in [9.17, 15) is 9.59 Å². The summed E-state index contributed by atoms with van der Waals surface area (Å²) in [7, 11) is 0. The molecule has 0 radical (unpaired) electrons. The number of hydrogen-bond donors (Lipinski definition) is 1.